The average Bonchev–Trinajstić information content (AvgIpc) is 3.05. The van der Waals surface area contributed by atoms with E-state index in [-0.39, 0.29) is 12.1 Å². The zero-order valence-electron chi connectivity index (χ0n) is 32.1. The zero-order chi connectivity index (χ0) is 33.4. The van der Waals surface area contributed by atoms with E-state index >= 15 is 0 Å². The van der Waals surface area contributed by atoms with Crippen LogP contribution in [0.3, 0.4) is 0 Å². The Kier molecular flexibility index (Phi) is 39.4. The first-order valence-electron chi connectivity index (χ1n) is 21.4. The Hall–Kier alpha value is -0.970. The molecule has 0 amide bonds. The van der Waals surface area contributed by atoms with Crippen LogP contribution in [-0.2, 0) is 9.53 Å². The molecule has 2 heteroatoms. The molecule has 0 aliphatic carbocycles. The van der Waals surface area contributed by atoms with Crippen LogP contribution in [-0.4, -0.2) is 12.1 Å². The Morgan fingerprint density at radius 1 is 0.413 bits per heavy atom. The second-order valence-electron chi connectivity index (χ2n) is 14.7. The van der Waals surface area contributed by atoms with Crippen molar-refractivity contribution in [2.45, 2.75) is 264 Å². The highest BCUT2D eigenvalue weighted by Crippen LogP contribution is 2.16. The van der Waals surface area contributed by atoms with Crippen LogP contribution in [0, 0.1) is 11.8 Å². The van der Waals surface area contributed by atoms with E-state index in [0.717, 1.165) is 25.7 Å². The van der Waals surface area contributed by atoms with Crippen molar-refractivity contribution in [3.8, 4) is 11.8 Å². The van der Waals surface area contributed by atoms with Gasteiger partial charge < -0.3 is 4.74 Å². The molecule has 0 aliphatic rings. The lowest BCUT2D eigenvalue weighted by molar-refractivity contribution is -0.148. The summed E-state index contributed by atoms with van der Waals surface area (Å²) in [5, 5.41) is 0. The summed E-state index contributed by atoms with van der Waals surface area (Å²) in [6, 6.07) is 0. The first kappa shape index (κ1) is 45.0. The highest BCUT2D eigenvalue weighted by Gasteiger charge is 2.09. The number of esters is 1. The summed E-state index contributed by atoms with van der Waals surface area (Å²) in [5.41, 5.74) is 0. The Labute approximate surface area is 291 Å². The number of unbranched alkanes of at least 4 members (excludes halogenated alkanes) is 32. The van der Waals surface area contributed by atoms with Crippen molar-refractivity contribution in [2.75, 3.05) is 0 Å². The SMILES string of the molecule is CCCCCCC#CCCCCCCCC[C@H](C)OC(=O)CCCCCCCCCCCCCCCCCCCCCCCCC. The Morgan fingerprint density at radius 3 is 1.07 bits per heavy atom. The lowest BCUT2D eigenvalue weighted by Crippen LogP contribution is -2.14. The molecule has 0 spiro atoms. The van der Waals surface area contributed by atoms with Gasteiger partial charge in [-0.25, -0.2) is 0 Å². The Morgan fingerprint density at radius 2 is 0.696 bits per heavy atom. The number of carbonyl (C=O) groups is 1. The number of rotatable bonds is 37. The molecule has 0 bridgehead atoms. The molecule has 0 saturated heterocycles. The molecular weight excluding hydrogens is 560 g/mol. The predicted octanol–water partition coefficient (Wildman–Crippen LogP) is 15.4. The molecular formula is C44H84O2. The summed E-state index contributed by atoms with van der Waals surface area (Å²) in [6.45, 7) is 6.62. The first-order chi connectivity index (χ1) is 22.7. The molecule has 0 saturated carbocycles. The minimum Gasteiger partial charge on any atom is -0.463 e. The van der Waals surface area contributed by atoms with Gasteiger partial charge in [0.25, 0.3) is 0 Å². The highest BCUT2D eigenvalue weighted by atomic mass is 16.5. The molecule has 0 radical (unpaired) electrons. The fourth-order valence-electron chi connectivity index (χ4n) is 6.57. The molecule has 0 unspecified atom stereocenters. The minimum atomic E-state index is 0.0162. The number of carbonyl (C=O) groups excluding carboxylic acids is 1. The molecule has 0 aromatic rings. The minimum absolute atomic E-state index is 0.0162. The van der Waals surface area contributed by atoms with E-state index in [1.807, 2.05) is 0 Å². The van der Waals surface area contributed by atoms with Crippen molar-refractivity contribution in [1.29, 1.82) is 0 Å². The van der Waals surface area contributed by atoms with Crippen molar-refractivity contribution in [2.24, 2.45) is 0 Å². The van der Waals surface area contributed by atoms with Crippen LogP contribution >= 0.6 is 0 Å². The van der Waals surface area contributed by atoms with Crippen LogP contribution in [0.2, 0.25) is 0 Å². The summed E-state index contributed by atoms with van der Waals surface area (Å²) < 4.78 is 5.66. The van der Waals surface area contributed by atoms with Crippen molar-refractivity contribution < 1.29 is 9.53 Å². The van der Waals surface area contributed by atoms with Gasteiger partial charge in [-0.3, -0.25) is 4.79 Å². The monoisotopic (exact) mass is 645 g/mol. The third-order valence-corrected chi connectivity index (χ3v) is 9.76. The van der Waals surface area contributed by atoms with E-state index in [2.05, 4.69) is 32.6 Å². The normalized spacial score (nSPS) is 11.8. The molecule has 272 valence electrons. The van der Waals surface area contributed by atoms with Gasteiger partial charge in [-0.2, -0.15) is 0 Å². The molecule has 0 rings (SSSR count). The van der Waals surface area contributed by atoms with Crippen LogP contribution in [0.5, 0.6) is 0 Å². The van der Waals surface area contributed by atoms with E-state index in [1.165, 1.54) is 205 Å². The van der Waals surface area contributed by atoms with Crippen LogP contribution in [0.4, 0.5) is 0 Å². The summed E-state index contributed by atoms with van der Waals surface area (Å²) in [6.07, 6.45) is 48.8. The first-order valence-corrected chi connectivity index (χ1v) is 21.4. The maximum atomic E-state index is 12.2. The van der Waals surface area contributed by atoms with E-state index in [4.69, 9.17) is 4.74 Å². The van der Waals surface area contributed by atoms with Gasteiger partial charge in [0.05, 0.1) is 6.10 Å². The molecule has 0 N–H and O–H groups in total. The Bertz CT molecular complexity index is 644. The third kappa shape index (κ3) is 39.2. The van der Waals surface area contributed by atoms with Crippen LogP contribution in [0.25, 0.3) is 0 Å². The van der Waals surface area contributed by atoms with Crippen LogP contribution in [0.1, 0.15) is 258 Å². The maximum Gasteiger partial charge on any atom is 0.306 e. The quantitative estimate of drug-likeness (QED) is 0.0382. The molecule has 0 aromatic heterocycles. The lowest BCUT2D eigenvalue weighted by atomic mass is 10.0. The van der Waals surface area contributed by atoms with Gasteiger partial charge in [0.15, 0.2) is 0 Å². The van der Waals surface area contributed by atoms with E-state index in [0.29, 0.717) is 6.42 Å². The summed E-state index contributed by atoms with van der Waals surface area (Å²) >= 11 is 0. The molecule has 46 heavy (non-hydrogen) atoms. The number of hydrogen-bond acceptors (Lipinski definition) is 2. The van der Waals surface area contributed by atoms with Crippen LogP contribution in [0.15, 0.2) is 0 Å². The molecule has 0 aromatic carbocycles. The van der Waals surface area contributed by atoms with E-state index in [9.17, 15) is 4.79 Å². The summed E-state index contributed by atoms with van der Waals surface area (Å²) in [4.78, 5) is 12.2. The van der Waals surface area contributed by atoms with Crippen LogP contribution < -0.4 is 0 Å². The van der Waals surface area contributed by atoms with Gasteiger partial charge in [-0.1, -0.05) is 200 Å². The van der Waals surface area contributed by atoms with Crippen molar-refractivity contribution >= 4 is 5.97 Å². The smallest absolute Gasteiger partial charge is 0.306 e. The fourth-order valence-corrected chi connectivity index (χ4v) is 6.57. The van der Waals surface area contributed by atoms with E-state index in [1.54, 1.807) is 0 Å². The van der Waals surface area contributed by atoms with Crippen molar-refractivity contribution in [1.82, 2.24) is 0 Å². The van der Waals surface area contributed by atoms with Gasteiger partial charge in [0.1, 0.15) is 0 Å². The van der Waals surface area contributed by atoms with E-state index < -0.39 is 0 Å². The van der Waals surface area contributed by atoms with Gasteiger partial charge in [-0.15, -0.1) is 11.8 Å². The molecule has 1 atom stereocenters. The molecule has 0 heterocycles. The summed E-state index contributed by atoms with van der Waals surface area (Å²) in [5.74, 6) is 6.70. The Balaban J connectivity index is 3.27. The second-order valence-corrected chi connectivity index (χ2v) is 14.7. The standard InChI is InChI=1S/C44H84O2/c1-4-6-8-10-12-14-16-18-20-21-22-23-24-25-26-27-28-30-32-34-36-38-40-42-44(45)46-43(3)41-39-37-35-33-31-29-19-17-15-13-11-9-7-5-2/h43H,4-14,16,18-42H2,1-3H3/t43-/m0/s1. The highest BCUT2D eigenvalue weighted by molar-refractivity contribution is 5.69. The average molecular weight is 645 g/mol. The number of hydrogen-bond donors (Lipinski definition) is 0. The molecule has 2 nitrogen and oxygen atoms in total. The molecule has 0 aliphatic heterocycles. The van der Waals surface area contributed by atoms with Gasteiger partial charge >= 0.3 is 5.97 Å². The van der Waals surface area contributed by atoms with Crippen molar-refractivity contribution in [3.05, 3.63) is 0 Å². The summed E-state index contributed by atoms with van der Waals surface area (Å²) in [7, 11) is 0. The van der Waals surface area contributed by atoms with Gasteiger partial charge in [0, 0.05) is 19.3 Å². The van der Waals surface area contributed by atoms with Crippen molar-refractivity contribution in [3.63, 3.8) is 0 Å². The third-order valence-electron chi connectivity index (χ3n) is 9.76. The number of ether oxygens (including phenoxy) is 1. The zero-order valence-corrected chi connectivity index (χ0v) is 32.1. The van der Waals surface area contributed by atoms with Gasteiger partial charge in [-0.05, 0) is 39.0 Å². The largest absolute Gasteiger partial charge is 0.463 e. The predicted molar refractivity (Wildman–Crippen MR) is 206 cm³/mol. The topological polar surface area (TPSA) is 26.3 Å². The second kappa shape index (κ2) is 40.2. The lowest BCUT2D eigenvalue weighted by Gasteiger charge is -2.13. The fraction of sp³-hybridized carbons (Fsp3) is 0.932. The molecule has 0 fully saturated rings. The maximum absolute atomic E-state index is 12.2. The van der Waals surface area contributed by atoms with Gasteiger partial charge in [0.2, 0.25) is 0 Å².